The zero-order chi connectivity index (χ0) is 11.1. The molecule has 1 amide bonds. The van der Waals surface area contributed by atoms with Gasteiger partial charge in [0.15, 0.2) is 0 Å². The van der Waals surface area contributed by atoms with Crippen LogP contribution in [-0.4, -0.2) is 17.9 Å². The Morgan fingerprint density at radius 3 is 2.81 bits per heavy atom. The summed E-state index contributed by atoms with van der Waals surface area (Å²) in [4.78, 5) is 13.7. The molecule has 1 fully saturated rings. The van der Waals surface area contributed by atoms with Crippen LogP contribution in [0.15, 0.2) is 24.3 Å². The van der Waals surface area contributed by atoms with Gasteiger partial charge in [0.25, 0.3) is 0 Å². The lowest BCUT2D eigenvalue weighted by Crippen LogP contribution is -2.42. The van der Waals surface area contributed by atoms with Crippen molar-refractivity contribution in [1.82, 2.24) is 4.90 Å². The number of nitrogens with zero attached hydrogens (tertiary/aromatic N) is 1. The highest BCUT2D eigenvalue weighted by molar-refractivity contribution is 5.77. The normalized spacial score (nSPS) is 28.6. The van der Waals surface area contributed by atoms with Crippen LogP contribution in [0, 0.1) is 5.92 Å². The fourth-order valence-corrected chi connectivity index (χ4v) is 3.27. The minimum atomic E-state index is 0.304. The van der Waals surface area contributed by atoms with E-state index in [2.05, 4.69) is 24.3 Å². The third-order valence-electron chi connectivity index (χ3n) is 4.14. The number of hydrogen-bond donors (Lipinski definition) is 0. The lowest BCUT2D eigenvalue weighted by Gasteiger charge is -2.43. The predicted octanol–water partition coefficient (Wildman–Crippen LogP) is 2.54. The van der Waals surface area contributed by atoms with E-state index < -0.39 is 0 Å². The largest absolute Gasteiger partial charge is 0.338 e. The van der Waals surface area contributed by atoms with Crippen molar-refractivity contribution in [2.24, 2.45) is 5.92 Å². The topological polar surface area (TPSA) is 20.3 Å². The van der Waals surface area contributed by atoms with Crippen LogP contribution >= 0.6 is 0 Å². The van der Waals surface area contributed by atoms with Gasteiger partial charge in [0.1, 0.15) is 0 Å². The number of aryl methyl sites for hydroxylation is 1. The van der Waals surface area contributed by atoms with Gasteiger partial charge in [0.2, 0.25) is 5.91 Å². The van der Waals surface area contributed by atoms with Crippen LogP contribution in [0.2, 0.25) is 0 Å². The van der Waals surface area contributed by atoms with Crippen molar-refractivity contribution >= 4 is 5.91 Å². The molecule has 1 saturated heterocycles. The number of carbonyl (C=O) groups is 1. The maximum atomic E-state index is 11.8. The summed E-state index contributed by atoms with van der Waals surface area (Å²) in [6.07, 6.45) is 4.22. The Bertz CT molecular complexity index is 426. The van der Waals surface area contributed by atoms with Crippen LogP contribution in [0.5, 0.6) is 0 Å². The van der Waals surface area contributed by atoms with Crippen molar-refractivity contribution in [1.29, 1.82) is 0 Å². The van der Waals surface area contributed by atoms with Crippen molar-refractivity contribution < 1.29 is 4.79 Å². The molecule has 1 aliphatic heterocycles. The zero-order valence-corrected chi connectivity index (χ0v) is 9.65. The summed E-state index contributed by atoms with van der Waals surface area (Å²) in [6.45, 7) is 0. The van der Waals surface area contributed by atoms with E-state index in [4.69, 9.17) is 0 Å². The molecular weight excluding hydrogens is 198 g/mol. The van der Waals surface area contributed by atoms with Gasteiger partial charge in [0, 0.05) is 13.5 Å². The SMILES string of the molecule is CN1C(=O)CC[C@H]2CCc3ccccc3[C@H]21. The molecule has 0 bridgehead atoms. The Morgan fingerprint density at radius 1 is 1.19 bits per heavy atom. The van der Waals surface area contributed by atoms with Gasteiger partial charge >= 0.3 is 0 Å². The number of amides is 1. The molecule has 0 unspecified atom stereocenters. The van der Waals surface area contributed by atoms with Gasteiger partial charge in [-0.2, -0.15) is 0 Å². The minimum Gasteiger partial charge on any atom is -0.338 e. The van der Waals surface area contributed by atoms with E-state index in [1.165, 1.54) is 24.0 Å². The highest BCUT2D eigenvalue weighted by atomic mass is 16.2. The number of piperidine rings is 1. The Balaban J connectivity index is 2.05. The molecule has 2 aliphatic rings. The van der Waals surface area contributed by atoms with Gasteiger partial charge in [0.05, 0.1) is 6.04 Å². The number of fused-ring (bicyclic) bond motifs is 3. The van der Waals surface area contributed by atoms with Crippen molar-refractivity contribution in [2.45, 2.75) is 31.7 Å². The Labute approximate surface area is 96.3 Å². The number of hydrogen-bond acceptors (Lipinski definition) is 1. The number of likely N-dealkylation sites (tertiary alicyclic amines) is 1. The van der Waals surface area contributed by atoms with Gasteiger partial charge in [-0.15, -0.1) is 0 Å². The summed E-state index contributed by atoms with van der Waals surface area (Å²) in [5, 5.41) is 0. The molecule has 0 radical (unpaired) electrons. The second-order valence-corrected chi connectivity index (χ2v) is 4.99. The van der Waals surface area contributed by atoms with E-state index in [1.54, 1.807) is 0 Å². The molecule has 16 heavy (non-hydrogen) atoms. The molecule has 3 rings (SSSR count). The van der Waals surface area contributed by atoms with E-state index in [1.807, 2.05) is 11.9 Å². The maximum Gasteiger partial charge on any atom is 0.222 e. The first-order valence-electron chi connectivity index (χ1n) is 6.11. The van der Waals surface area contributed by atoms with Gasteiger partial charge in [-0.25, -0.2) is 0 Å². The van der Waals surface area contributed by atoms with E-state index in [0.29, 0.717) is 17.9 Å². The molecule has 2 nitrogen and oxygen atoms in total. The minimum absolute atomic E-state index is 0.304. The molecule has 2 heteroatoms. The smallest absolute Gasteiger partial charge is 0.222 e. The van der Waals surface area contributed by atoms with E-state index in [0.717, 1.165) is 12.8 Å². The summed E-state index contributed by atoms with van der Waals surface area (Å²) < 4.78 is 0. The lowest BCUT2D eigenvalue weighted by molar-refractivity contribution is -0.137. The Morgan fingerprint density at radius 2 is 1.94 bits per heavy atom. The van der Waals surface area contributed by atoms with Gasteiger partial charge in [-0.1, -0.05) is 24.3 Å². The molecule has 1 aliphatic carbocycles. The number of benzene rings is 1. The van der Waals surface area contributed by atoms with Crippen LogP contribution in [-0.2, 0) is 11.2 Å². The first kappa shape index (κ1) is 9.88. The maximum absolute atomic E-state index is 11.8. The number of rotatable bonds is 0. The van der Waals surface area contributed by atoms with Crippen molar-refractivity contribution in [3.8, 4) is 0 Å². The van der Waals surface area contributed by atoms with Crippen LogP contribution < -0.4 is 0 Å². The zero-order valence-electron chi connectivity index (χ0n) is 9.65. The Hall–Kier alpha value is -1.31. The molecule has 0 saturated carbocycles. The van der Waals surface area contributed by atoms with Crippen molar-refractivity contribution in [2.75, 3.05) is 7.05 Å². The third kappa shape index (κ3) is 1.36. The molecule has 0 aromatic heterocycles. The van der Waals surface area contributed by atoms with Crippen LogP contribution in [0.1, 0.15) is 36.4 Å². The summed E-state index contributed by atoms with van der Waals surface area (Å²) in [5.74, 6) is 0.982. The average Bonchev–Trinajstić information content (AvgIpc) is 2.33. The molecule has 1 heterocycles. The van der Waals surface area contributed by atoms with Crippen LogP contribution in [0.4, 0.5) is 0 Å². The molecule has 0 N–H and O–H groups in total. The van der Waals surface area contributed by atoms with Gasteiger partial charge in [-0.05, 0) is 36.3 Å². The molecule has 1 aromatic rings. The fourth-order valence-electron chi connectivity index (χ4n) is 3.27. The van der Waals surface area contributed by atoms with Crippen molar-refractivity contribution in [3.05, 3.63) is 35.4 Å². The molecule has 2 atom stereocenters. The first-order chi connectivity index (χ1) is 7.77. The summed E-state index contributed by atoms with van der Waals surface area (Å²) in [7, 11) is 1.96. The van der Waals surface area contributed by atoms with E-state index in [9.17, 15) is 4.79 Å². The molecular formula is C14H17NO. The third-order valence-corrected chi connectivity index (χ3v) is 4.14. The van der Waals surface area contributed by atoms with Gasteiger partial charge < -0.3 is 4.90 Å². The second-order valence-electron chi connectivity index (χ2n) is 4.99. The number of carbonyl (C=O) groups excluding carboxylic acids is 1. The average molecular weight is 215 g/mol. The standard InChI is InChI=1S/C14H17NO/c1-15-13(16)9-8-11-7-6-10-4-2-3-5-12(10)14(11)15/h2-5,11,14H,6-9H2,1H3/t11-,14+/m1/s1. The van der Waals surface area contributed by atoms with E-state index in [-0.39, 0.29) is 0 Å². The predicted molar refractivity (Wildman–Crippen MR) is 63.0 cm³/mol. The summed E-state index contributed by atoms with van der Waals surface area (Å²) in [5.41, 5.74) is 2.82. The van der Waals surface area contributed by atoms with Crippen molar-refractivity contribution in [3.63, 3.8) is 0 Å². The van der Waals surface area contributed by atoms with Crippen LogP contribution in [0.3, 0.4) is 0 Å². The van der Waals surface area contributed by atoms with Crippen LogP contribution in [0.25, 0.3) is 0 Å². The molecule has 0 spiro atoms. The fraction of sp³-hybridized carbons (Fsp3) is 0.500. The Kier molecular flexibility index (Phi) is 2.23. The highest BCUT2D eigenvalue weighted by Gasteiger charge is 2.37. The monoisotopic (exact) mass is 215 g/mol. The highest BCUT2D eigenvalue weighted by Crippen LogP contribution is 2.43. The first-order valence-corrected chi connectivity index (χ1v) is 6.11. The molecule has 84 valence electrons. The quantitative estimate of drug-likeness (QED) is 0.651. The summed E-state index contributed by atoms with van der Waals surface area (Å²) in [6, 6.07) is 8.93. The lowest BCUT2D eigenvalue weighted by atomic mass is 9.75. The summed E-state index contributed by atoms with van der Waals surface area (Å²) >= 11 is 0. The van der Waals surface area contributed by atoms with Gasteiger partial charge in [-0.3, -0.25) is 4.79 Å². The second kappa shape index (κ2) is 3.62. The van der Waals surface area contributed by atoms with E-state index >= 15 is 0 Å². The molecule has 1 aromatic carbocycles.